The van der Waals surface area contributed by atoms with Crippen molar-refractivity contribution in [1.82, 2.24) is 9.55 Å². The Morgan fingerprint density at radius 3 is 1.41 bits per heavy atom. The van der Waals surface area contributed by atoms with Gasteiger partial charge in [-0.2, -0.15) is 0 Å². The molecule has 2 aliphatic rings. The Morgan fingerprint density at radius 2 is 0.838 bits per heavy atom. The Labute approximate surface area is 469 Å². The van der Waals surface area contributed by atoms with Crippen LogP contribution in [0.3, 0.4) is 0 Å². The van der Waals surface area contributed by atoms with Gasteiger partial charge in [-0.25, -0.2) is 0 Å². The minimum absolute atomic E-state index is 0.606. The molecule has 11 aromatic carbocycles. The summed E-state index contributed by atoms with van der Waals surface area (Å²) in [5.41, 5.74) is 21.1. The number of aromatic nitrogens is 2. The summed E-state index contributed by atoms with van der Waals surface area (Å²) in [5, 5.41) is 2.34. The van der Waals surface area contributed by atoms with Crippen LogP contribution in [0, 0.1) is 0 Å². The Balaban J connectivity index is 0.918. The van der Waals surface area contributed by atoms with Gasteiger partial charge in [0, 0.05) is 0 Å². The van der Waals surface area contributed by atoms with Crippen LogP contribution >= 0.6 is 0 Å². The molecule has 0 bridgehead atoms. The van der Waals surface area contributed by atoms with E-state index in [2.05, 4.69) is 287 Å². The van der Waals surface area contributed by atoms with Crippen molar-refractivity contribution in [3.05, 3.63) is 279 Å². The normalized spacial score (nSPS) is 13.1. The fourth-order valence-corrected chi connectivity index (χ4v) is 18.9. The van der Waals surface area contributed by atoms with Crippen molar-refractivity contribution < 1.29 is 4.74 Å². The molecule has 0 atom stereocenters. The topological polar surface area (TPSA) is 33.5 Å². The summed E-state index contributed by atoms with van der Waals surface area (Å²) in [6.07, 6.45) is 1.86. The van der Waals surface area contributed by atoms with Crippen LogP contribution in [0.25, 0.3) is 94.4 Å². The molecule has 0 unspecified atom stereocenters. The molecule has 6 heteroatoms. The van der Waals surface area contributed by atoms with Crippen LogP contribution < -0.4 is 23.3 Å². The maximum atomic E-state index is 7.01. The van der Waals surface area contributed by atoms with Crippen LogP contribution in [0.15, 0.2) is 279 Å². The van der Waals surface area contributed by atoms with E-state index in [-0.39, 0.29) is 0 Å². The predicted molar refractivity (Wildman–Crippen MR) is 336 cm³/mol. The monoisotopic (exact) mass is 1090 g/mol. The summed E-state index contributed by atoms with van der Waals surface area (Å²) in [4.78, 5) is 9.99. The zero-order valence-corrected chi connectivity index (χ0v) is 46.6. The molecule has 0 saturated heterocycles. The molecule has 5 nitrogen and oxygen atoms in total. The second-order valence-corrected chi connectivity index (χ2v) is 30.6. The van der Waals surface area contributed by atoms with Gasteiger partial charge in [0.25, 0.3) is 0 Å². The van der Waals surface area contributed by atoms with Crippen LogP contribution in [-0.4, -0.2) is 29.5 Å². The first kappa shape index (κ1) is 47.5. The van der Waals surface area contributed by atoms with Crippen LogP contribution in [0.4, 0.5) is 22.7 Å². The van der Waals surface area contributed by atoms with Gasteiger partial charge in [0.2, 0.25) is 0 Å². The Kier molecular flexibility index (Phi) is 11.5. The van der Waals surface area contributed by atoms with Gasteiger partial charge in [0.05, 0.1) is 0 Å². The molecule has 380 valence electrons. The van der Waals surface area contributed by atoms with Gasteiger partial charge in [0.1, 0.15) is 0 Å². The van der Waals surface area contributed by atoms with Gasteiger partial charge in [-0.3, -0.25) is 0 Å². The number of para-hydroxylation sites is 3. The second kappa shape index (κ2) is 19.3. The fraction of sp³-hybridized carbons (Fsp3) is 0.0405. The first-order valence-corrected chi connectivity index (χ1v) is 33.8. The van der Waals surface area contributed by atoms with E-state index < -0.39 is 13.3 Å². The molecule has 0 radical (unpaired) electrons. The zero-order valence-electron chi connectivity index (χ0n) is 44.5. The molecule has 0 fully saturated rings. The number of ether oxygens (including phenoxy) is 1. The van der Waals surface area contributed by atoms with Crippen LogP contribution in [-0.2, 0) is 0 Å². The SMILES string of the molecule is [CH3][Ge]1([CH3])[c]2ccc(Oc3ccc4c5ccccc5n(-c5ccccn5)c4c3)cc2N2CN(c3c(-c4cc(-c5ccccc5)cc(-c5ccccc5)c4)cccc3-c3cc(-c4ccccc4)cc(-c4ccccc4)c3)c3ccc[c]1c32. The van der Waals surface area contributed by atoms with Crippen molar-refractivity contribution in [2.75, 3.05) is 16.5 Å². The maximum absolute atomic E-state index is 7.01. The van der Waals surface area contributed by atoms with Crippen LogP contribution in [0.2, 0.25) is 11.5 Å². The summed E-state index contributed by atoms with van der Waals surface area (Å²) >= 11 is -2.97. The van der Waals surface area contributed by atoms with Crippen molar-refractivity contribution in [1.29, 1.82) is 0 Å². The summed E-state index contributed by atoms with van der Waals surface area (Å²) in [6, 6.07) is 99.5. The van der Waals surface area contributed by atoms with E-state index in [0.717, 1.165) is 56.0 Å². The molecule has 0 N–H and O–H groups in total. The van der Waals surface area contributed by atoms with Gasteiger partial charge in [-0.15, -0.1) is 0 Å². The minimum atomic E-state index is -2.97. The molecule has 15 rings (SSSR count). The predicted octanol–water partition coefficient (Wildman–Crippen LogP) is 18.4. The number of rotatable bonds is 10. The van der Waals surface area contributed by atoms with Crippen LogP contribution in [0.1, 0.15) is 0 Å². The van der Waals surface area contributed by atoms with Gasteiger partial charge >= 0.3 is 442 Å². The standard InChI is InChI=1S/C74H54GeN4O/c1-75(2)66-39-37-61(80-60-36-38-65-64-29-15-16-33-68(64)79(70(65)47-60)72-35-17-18-40-76-72)48-71(66)78-49-77(69-34-20-32-67(75)74(69)78)73-62(58-43-54(50-21-7-3-8-22-50)41-55(44-58)51-23-9-4-10-24-51)30-19-31-63(73)59-45-56(52-25-11-5-12-26-52)42-57(46-59)53-27-13-6-14-28-53/h3-48H,49H2,1-2H3. The molecule has 2 aromatic heterocycles. The Hall–Kier alpha value is -9.69. The number of pyridine rings is 1. The fourth-order valence-electron chi connectivity index (χ4n) is 12.6. The molecule has 0 aliphatic carbocycles. The summed E-state index contributed by atoms with van der Waals surface area (Å²) in [5.74, 6) is 7.56. The van der Waals surface area contributed by atoms with Gasteiger partial charge in [0.15, 0.2) is 0 Å². The number of hydrogen-bond acceptors (Lipinski definition) is 4. The molecule has 4 heterocycles. The number of hydrogen-bond donors (Lipinski definition) is 0. The van der Waals surface area contributed by atoms with Gasteiger partial charge in [-0.1, -0.05) is 24.3 Å². The molecule has 0 saturated carbocycles. The average molecular weight is 1090 g/mol. The van der Waals surface area contributed by atoms with Crippen molar-refractivity contribution in [3.63, 3.8) is 0 Å². The van der Waals surface area contributed by atoms with Crippen molar-refractivity contribution in [2.24, 2.45) is 0 Å². The number of fused-ring (bicyclic) bond motifs is 5. The van der Waals surface area contributed by atoms with Crippen molar-refractivity contribution in [2.45, 2.75) is 11.5 Å². The van der Waals surface area contributed by atoms with Crippen molar-refractivity contribution in [3.8, 4) is 84.1 Å². The average Bonchev–Trinajstić information content (AvgIpc) is 4.16. The third kappa shape index (κ3) is 8.11. The molecule has 0 amide bonds. The van der Waals surface area contributed by atoms with Crippen LogP contribution in [0.5, 0.6) is 11.5 Å². The number of benzene rings is 11. The first-order chi connectivity index (χ1) is 39.4. The molecule has 0 spiro atoms. The number of anilines is 4. The van der Waals surface area contributed by atoms with E-state index in [1.807, 2.05) is 18.3 Å². The van der Waals surface area contributed by atoms with E-state index in [9.17, 15) is 0 Å². The van der Waals surface area contributed by atoms with E-state index in [1.54, 1.807) is 0 Å². The molecule has 80 heavy (non-hydrogen) atoms. The summed E-state index contributed by atoms with van der Waals surface area (Å²) in [6.45, 7) is 0.606. The van der Waals surface area contributed by atoms with Gasteiger partial charge < -0.3 is 0 Å². The Morgan fingerprint density at radius 1 is 0.350 bits per heavy atom. The molecular formula is C74H54GeN4O. The van der Waals surface area contributed by atoms with Crippen molar-refractivity contribution >= 4 is 66.6 Å². The third-order valence-electron chi connectivity index (χ3n) is 16.4. The summed E-state index contributed by atoms with van der Waals surface area (Å²) < 4.78 is 12.2. The van der Waals surface area contributed by atoms with E-state index in [0.29, 0.717) is 6.67 Å². The third-order valence-corrected chi connectivity index (χ3v) is 23.8. The molecular weight excluding hydrogens is 1030 g/mol. The van der Waals surface area contributed by atoms with E-state index in [1.165, 1.54) is 81.4 Å². The second-order valence-electron chi connectivity index (χ2n) is 21.6. The molecule has 2 aliphatic heterocycles. The Bertz CT molecular complexity index is 4240. The van der Waals surface area contributed by atoms with E-state index in [4.69, 9.17) is 9.72 Å². The van der Waals surface area contributed by atoms with E-state index >= 15 is 0 Å². The quantitative estimate of drug-likeness (QED) is 0.128. The number of nitrogens with zero attached hydrogens (tertiary/aromatic N) is 4. The first-order valence-electron chi connectivity index (χ1n) is 27.5. The molecule has 13 aromatic rings. The summed E-state index contributed by atoms with van der Waals surface area (Å²) in [7, 11) is 0. The zero-order chi connectivity index (χ0) is 53.3. The van der Waals surface area contributed by atoms with Gasteiger partial charge in [-0.05, 0) is 6.07 Å².